The van der Waals surface area contributed by atoms with E-state index in [1.54, 1.807) is 0 Å². The number of unbranched alkanes of at least 4 members (excludes halogenated alkanes) is 1. The number of carbonyl (C=O) groups excluding carboxylic acids is 1. The number of guanidine groups is 2. The van der Waals surface area contributed by atoms with E-state index in [4.69, 9.17) is 16.5 Å². The number of aryl methyl sites for hydroxylation is 1. The Kier molecular flexibility index (Phi) is 5.68. The van der Waals surface area contributed by atoms with E-state index in [-0.39, 0.29) is 11.9 Å². The summed E-state index contributed by atoms with van der Waals surface area (Å²) >= 11 is 0. The lowest BCUT2D eigenvalue weighted by Gasteiger charge is -2.46. The van der Waals surface area contributed by atoms with Crippen molar-refractivity contribution in [3.8, 4) is 0 Å². The number of nitrogens with zero attached hydrogens (tertiary/aromatic N) is 3. The molecule has 7 nitrogen and oxygen atoms in total. The van der Waals surface area contributed by atoms with E-state index in [2.05, 4.69) is 17.2 Å². The maximum absolute atomic E-state index is 12.4. The van der Waals surface area contributed by atoms with E-state index in [9.17, 15) is 4.79 Å². The summed E-state index contributed by atoms with van der Waals surface area (Å²) in [7, 11) is 0. The fourth-order valence-electron chi connectivity index (χ4n) is 3.95. The van der Waals surface area contributed by atoms with Gasteiger partial charge < -0.3 is 16.8 Å². The highest BCUT2D eigenvalue weighted by atomic mass is 16.1. The quantitative estimate of drug-likeness (QED) is 0.739. The van der Waals surface area contributed by atoms with Crippen LogP contribution in [0.2, 0.25) is 0 Å². The Hall–Kier alpha value is -2.57. The third-order valence-electron chi connectivity index (χ3n) is 5.28. The Balaban J connectivity index is 2.01. The third-order valence-corrected chi connectivity index (χ3v) is 5.28. The fourth-order valence-corrected chi connectivity index (χ4v) is 3.95. The number of nitrogens with one attached hydrogen (secondary N) is 1. The molecule has 27 heavy (non-hydrogen) atoms. The topological polar surface area (TPSA) is 109 Å². The van der Waals surface area contributed by atoms with Crippen LogP contribution in [0.1, 0.15) is 63.9 Å². The second-order valence-electron chi connectivity index (χ2n) is 7.49. The maximum Gasteiger partial charge on any atom is 0.224 e. The largest absolute Gasteiger partial charge is 0.369 e. The molecule has 5 N–H and O–H groups in total. The Morgan fingerprint density at radius 1 is 1.26 bits per heavy atom. The van der Waals surface area contributed by atoms with Gasteiger partial charge >= 0.3 is 0 Å². The molecule has 2 aliphatic rings. The molecule has 0 bridgehead atoms. The molecule has 146 valence electrons. The van der Waals surface area contributed by atoms with E-state index in [1.807, 2.05) is 30.0 Å². The van der Waals surface area contributed by atoms with Gasteiger partial charge in [0.15, 0.2) is 0 Å². The standard InChI is InChI=1S/C20H30N6O/c1-3-4-8-17(27)23-15-10-9-14(2)13-16(15)26-19(22)24-18(21)25-20(26)11-6-5-7-12-20/h9-10,13H,3-8,11-12H2,1-2H3,(H,23,27)(H4,21,22,24,25). The summed E-state index contributed by atoms with van der Waals surface area (Å²) in [4.78, 5) is 23.3. The second-order valence-corrected chi connectivity index (χ2v) is 7.49. The number of amides is 1. The van der Waals surface area contributed by atoms with Crippen molar-refractivity contribution in [3.05, 3.63) is 23.8 Å². The minimum Gasteiger partial charge on any atom is -0.369 e. The van der Waals surface area contributed by atoms with E-state index in [0.717, 1.165) is 55.5 Å². The monoisotopic (exact) mass is 370 g/mol. The zero-order valence-corrected chi connectivity index (χ0v) is 16.3. The normalized spacial score (nSPS) is 18.8. The molecule has 0 atom stereocenters. The van der Waals surface area contributed by atoms with Crippen molar-refractivity contribution >= 4 is 29.2 Å². The smallest absolute Gasteiger partial charge is 0.224 e. The third kappa shape index (κ3) is 4.07. The predicted octanol–water partition coefficient (Wildman–Crippen LogP) is 3.23. The maximum atomic E-state index is 12.4. The van der Waals surface area contributed by atoms with Crippen LogP contribution in [0.4, 0.5) is 11.4 Å². The molecule has 1 aromatic rings. The number of carbonyl (C=O) groups is 1. The molecule has 1 aromatic carbocycles. The van der Waals surface area contributed by atoms with Crippen LogP contribution in [-0.4, -0.2) is 23.5 Å². The number of benzene rings is 1. The summed E-state index contributed by atoms with van der Waals surface area (Å²) in [5.41, 5.74) is 14.4. The molecule has 1 heterocycles. The summed E-state index contributed by atoms with van der Waals surface area (Å²) in [5, 5.41) is 3.05. The first-order chi connectivity index (χ1) is 12.9. The summed E-state index contributed by atoms with van der Waals surface area (Å²) in [6, 6.07) is 5.95. The van der Waals surface area contributed by atoms with Crippen LogP contribution in [0.3, 0.4) is 0 Å². The van der Waals surface area contributed by atoms with Crippen LogP contribution in [0.25, 0.3) is 0 Å². The highest BCUT2D eigenvalue weighted by Gasteiger charge is 2.43. The summed E-state index contributed by atoms with van der Waals surface area (Å²) in [6.45, 7) is 4.10. The lowest BCUT2D eigenvalue weighted by molar-refractivity contribution is -0.116. The highest BCUT2D eigenvalue weighted by molar-refractivity contribution is 6.08. The molecule has 1 aliphatic heterocycles. The number of rotatable bonds is 5. The lowest BCUT2D eigenvalue weighted by atomic mass is 9.87. The van der Waals surface area contributed by atoms with Crippen LogP contribution in [-0.2, 0) is 4.79 Å². The SMILES string of the molecule is CCCCC(=O)Nc1ccc(C)cc1N1C(N)=NC(N)=NC12CCCCC2. The van der Waals surface area contributed by atoms with Gasteiger partial charge in [-0.15, -0.1) is 0 Å². The minimum atomic E-state index is -0.523. The lowest BCUT2D eigenvalue weighted by Crippen LogP contribution is -2.58. The molecular formula is C20H30N6O. The Morgan fingerprint density at radius 2 is 2.00 bits per heavy atom. The Morgan fingerprint density at radius 3 is 2.70 bits per heavy atom. The zero-order chi connectivity index (χ0) is 19.4. The van der Waals surface area contributed by atoms with Gasteiger partial charge in [-0.2, -0.15) is 4.99 Å². The predicted molar refractivity (Wildman–Crippen MR) is 111 cm³/mol. The van der Waals surface area contributed by atoms with Crippen molar-refractivity contribution in [2.45, 2.75) is 70.9 Å². The van der Waals surface area contributed by atoms with Crippen molar-refractivity contribution in [2.75, 3.05) is 10.2 Å². The van der Waals surface area contributed by atoms with Gasteiger partial charge in [-0.05, 0) is 56.7 Å². The molecule has 0 saturated heterocycles. The fraction of sp³-hybridized carbons (Fsp3) is 0.550. The molecular weight excluding hydrogens is 340 g/mol. The number of nitrogens with two attached hydrogens (primary N) is 2. The Bertz CT molecular complexity index is 764. The molecule has 1 spiro atoms. The second kappa shape index (κ2) is 7.98. The number of hydrogen-bond acceptors (Lipinski definition) is 6. The van der Waals surface area contributed by atoms with E-state index >= 15 is 0 Å². The molecule has 1 aliphatic carbocycles. The van der Waals surface area contributed by atoms with Crippen LogP contribution >= 0.6 is 0 Å². The van der Waals surface area contributed by atoms with Crippen molar-refractivity contribution in [1.29, 1.82) is 0 Å². The van der Waals surface area contributed by atoms with Crippen LogP contribution in [0.5, 0.6) is 0 Å². The number of anilines is 2. The molecule has 1 saturated carbocycles. The molecule has 1 fully saturated rings. The van der Waals surface area contributed by atoms with Crippen molar-refractivity contribution in [3.63, 3.8) is 0 Å². The molecule has 0 unspecified atom stereocenters. The molecule has 0 radical (unpaired) electrons. The summed E-state index contributed by atoms with van der Waals surface area (Å²) in [6.07, 6.45) is 7.37. The zero-order valence-electron chi connectivity index (χ0n) is 16.3. The number of aliphatic imine (C=N–C) groups is 2. The first-order valence-electron chi connectivity index (χ1n) is 9.85. The van der Waals surface area contributed by atoms with Crippen LogP contribution < -0.4 is 21.7 Å². The van der Waals surface area contributed by atoms with E-state index < -0.39 is 5.66 Å². The summed E-state index contributed by atoms with van der Waals surface area (Å²) < 4.78 is 0. The molecule has 0 aromatic heterocycles. The van der Waals surface area contributed by atoms with Crippen LogP contribution in [0, 0.1) is 6.92 Å². The van der Waals surface area contributed by atoms with Gasteiger partial charge in [0, 0.05) is 6.42 Å². The summed E-state index contributed by atoms with van der Waals surface area (Å²) in [5.74, 6) is 0.570. The Labute approximate surface area is 160 Å². The van der Waals surface area contributed by atoms with Crippen molar-refractivity contribution in [2.24, 2.45) is 21.5 Å². The van der Waals surface area contributed by atoms with E-state index in [1.165, 1.54) is 6.42 Å². The first kappa shape index (κ1) is 19.2. The van der Waals surface area contributed by atoms with Crippen LogP contribution in [0.15, 0.2) is 28.2 Å². The highest BCUT2D eigenvalue weighted by Crippen LogP contribution is 2.42. The van der Waals surface area contributed by atoms with Gasteiger partial charge in [-0.25, -0.2) is 4.99 Å². The average Bonchev–Trinajstić information content (AvgIpc) is 2.62. The average molecular weight is 371 g/mol. The van der Waals surface area contributed by atoms with Gasteiger partial charge in [-0.3, -0.25) is 9.69 Å². The van der Waals surface area contributed by atoms with Crippen molar-refractivity contribution in [1.82, 2.24) is 0 Å². The minimum absolute atomic E-state index is 0.00943. The van der Waals surface area contributed by atoms with Gasteiger partial charge in [0.1, 0.15) is 5.66 Å². The number of hydrogen-bond donors (Lipinski definition) is 3. The molecule has 3 rings (SSSR count). The molecule has 7 heteroatoms. The van der Waals surface area contributed by atoms with Gasteiger partial charge in [0.2, 0.25) is 17.8 Å². The van der Waals surface area contributed by atoms with Gasteiger partial charge in [-0.1, -0.05) is 25.8 Å². The molecule has 1 amide bonds. The first-order valence-corrected chi connectivity index (χ1v) is 9.85. The van der Waals surface area contributed by atoms with E-state index in [0.29, 0.717) is 12.4 Å². The van der Waals surface area contributed by atoms with Crippen molar-refractivity contribution < 1.29 is 4.79 Å². The van der Waals surface area contributed by atoms with Gasteiger partial charge in [0.25, 0.3) is 0 Å². The van der Waals surface area contributed by atoms with Gasteiger partial charge in [0.05, 0.1) is 11.4 Å².